The van der Waals surface area contributed by atoms with Gasteiger partial charge in [0, 0.05) is 24.0 Å². The molecular weight excluding hydrogens is 460 g/mol. The summed E-state index contributed by atoms with van der Waals surface area (Å²) < 4.78 is 5.28. The summed E-state index contributed by atoms with van der Waals surface area (Å²) in [5.41, 5.74) is 11.0. The van der Waals surface area contributed by atoms with Crippen molar-refractivity contribution in [3.05, 3.63) is 83.1 Å². The second-order valence-electron chi connectivity index (χ2n) is 8.95. The maximum atomic E-state index is 12.8. The summed E-state index contributed by atoms with van der Waals surface area (Å²) in [4.78, 5) is 25.9. The Bertz CT molecular complexity index is 1180. The quantitative estimate of drug-likeness (QED) is 0.294. The number of rotatable bonds is 9. The number of carbonyl (C=O) groups excluding carboxylic acids is 2. The number of urea groups is 1. The van der Waals surface area contributed by atoms with E-state index in [1.54, 1.807) is 4.90 Å². The van der Waals surface area contributed by atoms with Crippen molar-refractivity contribution >= 4 is 23.5 Å². The number of cyclic esters (lactones) is 1. The van der Waals surface area contributed by atoms with Crippen LogP contribution in [0.4, 0.5) is 15.3 Å². The Hall–Kier alpha value is -3.86. The van der Waals surface area contributed by atoms with Crippen LogP contribution in [0.2, 0.25) is 0 Å². The van der Waals surface area contributed by atoms with E-state index in [0.29, 0.717) is 6.54 Å². The van der Waals surface area contributed by atoms with Crippen molar-refractivity contribution in [1.29, 1.82) is 0 Å². The lowest BCUT2D eigenvalue weighted by molar-refractivity contribution is 0.119. The Morgan fingerprint density at radius 3 is 2.53 bits per heavy atom. The van der Waals surface area contributed by atoms with Gasteiger partial charge in [0.1, 0.15) is 6.17 Å². The molecule has 3 amide bonds. The average molecular weight is 491 g/mol. The van der Waals surface area contributed by atoms with Crippen LogP contribution < -0.4 is 31.9 Å². The summed E-state index contributed by atoms with van der Waals surface area (Å²) in [7, 11) is 0. The van der Waals surface area contributed by atoms with E-state index in [4.69, 9.17) is 10.5 Å². The number of aliphatic hydroxyl groups is 1. The zero-order chi connectivity index (χ0) is 25.1. The predicted molar refractivity (Wildman–Crippen MR) is 135 cm³/mol. The molecule has 3 aliphatic rings. The number of alkyl carbamates (subject to hydrolysis) is 1. The van der Waals surface area contributed by atoms with Crippen molar-refractivity contribution in [2.75, 3.05) is 24.6 Å². The highest BCUT2D eigenvalue weighted by atomic mass is 16.6. The molecule has 10 heteroatoms. The number of nitrogens with zero attached hydrogens (tertiary/aromatic N) is 1. The number of nitrogens with two attached hydrogens (primary N) is 1. The van der Waals surface area contributed by atoms with Crippen LogP contribution in [-0.4, -0.2) is 49.1 Å². The minimum absolute atomic E-state index is 0.203. The van der Waals surface area contributed by atoms with Crippen LogP contribution in [0.15, 0.2) is 66.4 Å². The van der Waals surface area contributed by atoms with E-state index in [2.05, 4.69) is 21.3 Å². The van der Waals surface area contributed by atoms with Crippen LogP contribution in [0.5, 0.6) is 0 Å². The van der Waals surface area contributed by atoms with Crippen LogP contribution in [0, 0.1) is 0 Å². The van der Waals surface area contributed by atoms with E-state index < -0.39 is 18.2 Å². The van der Waals surface area contributed by atoms with Crippen LogP contribution in [0.3, 0.4) is 0 Å². The highest BCUT2D eigenvalue weighted by Gasteiger charge is 2.35. The van der Waals surface area contributed by atoms with Gasteiger partial charge in [-0.05, 0) is 54.4 Å². The molecule has 3 atom stereocenters. The number of hydrogen-bond donors (Lipinski definition) is 6. The molecule has 0 bridgehead atoms. The highest BCUT2D eigenvalue weighted by molar-refractivity contribution is 5.96. The van der Waals surface area contributed by atoms with Crippen LogP contribution in [0.25, 0.3) is 5.70 Å². The molecule has 36 heavy (non-hydrogen) atoms. The second-order valence-corrected chi connectivity index (χ2v) is 8.95. The second kappa shape index (κ2) is 10.4. The third-order valence-electron chi connectivity index (χ3n) is 6.46. The number of nitrogens with one attached hydrogen (secondary N) is 4. The first-order valence-electron chi connectivity index (χ1n) is 12.0. The topological polar surface area (TPSA) is 141 Å². The number of carbonyl (C=O) groups is 2. The van der Waals surface area contributed by atoms with E-state index in [1.165, 1.54) is 0 Å². The highest BCUT2D eigenvalue weighted by Crippen LogP contribution is 2.30. The summed E-state index contributed by atoms with van der Waals surface area (Å²) in [6.45, 7) is 2.09. The molecule has 0 saturated carbocycles. The van der Waals surface area contributed by atoms with Crippen LogP contribution >= 0.6 is 0 Å². The van der Waals surface area contributed by atoms with E-state index in [1.807, 2.05) is 60.8 Å². The molecule has 10 nitrogen and oxygen atoms in total. The van der Waals surface area contributed by atoms with Crippen molar-refractivity contribution in [2.24, 2.45) is 5.73 Å². The third kappa shape index (κ3) is 4.92. The zero-order valence-electron chi connectivity index (χ0n) is 19.7. The summed E-state index contributed by atoms with van der Waals surface area (Å²) in [5.74, 6) is 0. The van der Waals surface area contributed by atoms with Gasteiger partial charge < -0.3 is 36.8 Å². The fourth-order valence-electron chi connectivity index (χ4n) is 4.51. The van der Waals surface area contributed by atoms with E-state index in [9.17, 15) is 14.7 Å². The van der Waals surface area contributed by atoms with Crippen molar-refractivity contribution in [2.45, 2.75) is 31.3 Å². The maximum Gasteiger partial charge on any atom is 0.408 e. The zero-order valence-corrected chi connectivity index (χ0v) is 19.7. The molecule has 5 rings (SSSR count). The number of benzene rings is 2. The Morgan fingerprint density at radius 1 is 1.03 bits per heavy atom. The molecule has 3 heterocycles. The van der Waals surface area contributed by atoms with Crippen molar-refractivity contribution in [3.63, 3.8) is 0 Å². The first kappa shape index (κ1) is 23.9. The molecule has 0 radical (unpaired) electrons. The summed E-state index contributed by atoms with van der Waals surface area (Å²) >= 11 is 0. The molecular formula is C26H30N6O4. The molecule has 1 fully saturated rings. The van der Waals surface area contributed by atoms with Gasteiger partial charge in [-0.1, -0.05) is 36.4 Å². The molecule has 0 spiro atoms. The van der Waals surface area contributed by atoms with Crippen LogP contribution in [-0.2, 0) is 11.3 Å². The lowest BCUT2D eigenvalue weighted by Crippen LogP contribution is -2.51. The molecule has 3 unspecified atom stereocenters. The number of amides is 3. The number of aliphatic hydroxyl groups excluding tert-OH is 1. The molecule has 1 saturated heterocycles. The first-order valence-corrected chi connectivity index (χ1v) is 12.0. The fourth-order valence-corrected chi connectivity index (χ4v) is 4.51. The van der Waals surface area contributed by atoms with Gasteiger partial charge in [0.25, 0.3) is 0 Å². The molecule has 7 N–H and O–H groups in total. The van der Waals surface area contributed by atoms with E-state index >= 15 is 0 Å². The standard InChI is InChI=1S/C26H30N6O4/c27-10-1-11-28-13-16-2-8-20(9-3-16)32-14-19-12-21(29-24(19)31-25(32)34)17-4-6-18(7-5-17)23-22(15-33)30-26(35)36-23/h2-9,12,14,22-24,28-29,33H,1,10-11,13,15,27H2,(H,30,35)(H,31,34). The lowest BCUT2D eigenvalue weighted by atomic mass is 10.0. The molecule has 0 aromatic heterocycles. The molecule has 2 aromatic carbocycles. The molecule has 3 aliphatic heterocycles. The van der Waals surface area contributed by atoms with Gasteiger partial charge in [-0.25, -0.2) is 9.59 Å². The van der Waals surface area contributed by atoms with Gasteiger partial charge in [0.05, 0.1) is 18.3 Å². The van der Waals surface area contributed by atoms with Gasteiger partial charge in [-0.15, -0.1) is 0 Å². The van der Waals surface area contributed by atoms with Gasteiger partial charge in [-0.3, -0.25) is 4.90 Å². The van der Waals surface area contributed by atoms with Gasteiger partial charge in [-0.2, -0.15) is 0 Å². The number of fused-ring (bicyclic) bond motifs is 1. The molecule has 2 aromatic rings. The normalized spacial score (nSPS) is 22.7. The van der Waals surface area contributed by atoms with E-state index in [0.717, 1.165) is 53.2 Å². The SMILES string of the molecule is NCCCNCc1ccc(N2C=C3C=C(c4ccc(C5OC(=O)NC5CO)cc4)NC3NC2=O)cc1. The fraction of sp³-hybridized carbons (Fsp3) is 0.308. The minimum atomic E-state index is -0.534. The number of ether oxygens (including phenoxy) is 1. The van der Waals surface area contributed by atoms with Crippen LogP contribution in [0.1, 0.15) is 29.2 Å². The summed E-state index contributed by atoms with van der Waals surface area (Å²) in [5, 5.41) is 21.8. The lowest BCUT2D eigenvalue weighted by Gasteiger charge is -2.29. The third-order valence-corrected chi connectivity index (χ3v) is 6.46. The van der Waals surface area contributed by atoms with Crippen molar-refractivity contribution in [3.8, 4) is 0 Å². The summed E-state index contributed by atoms with van der Waals surface area (Å²) in [6, 6.07) is 14.8. The molecule has 0 aliphatic carbocycles. The summed E-state index contributed by atoms with van der Waals surface area (Å²) in [6.07, 6.45) is 3.42. The van der Waals surface area contributed by atoms with Gasteiger partial charge in [0.15, 0.2) is 6.10 Å². The Morgan fingerprint density at radius 2 is 1.81 bits per heavy atom. The monoisotopic (exact) mass is 490 g/mol. The largest absolute Gasteiger partial charge is 0.439 e. The number of anilines is 1. The minimum Gasteiger partial charge on any atom is -0.439 e. The van der Waals surface area contributed by atoms with Gasteiger partial charge in [0.2, 0.25) is 0 Å². The van der Waals surface area contributed by atoms with Crippen molar-refractivity contribution in [1.82, 2.24) is 21.3 Å². The number of hydrogen-bond acceptors (Lipinski definition) is 7. The Labute approximate surface area is 209 Å². The maximum absolute atomic E-state index is 12.8. The molecule has 188 valence electrons. The first-order chi connectivity index (χ1) is 17.6. The average Bonchev–Trinajstić information content (AvgIpc) is 3.49. The smallest absolute Gasteiger partial charge is 0.408 e. The van der Waals surface area contributed by atoms with E-state index in [-0.39, 0.29) is 18.8 Å². The Kier molecular flexibility index (Phi) is 6.90. The van der Waals surface area contributed by atoms with Gasteiger partial charge >= 0.3 is 12.1 Å². The predicted octanol–water partition coefficient (Wildman–Crippen LogP) is 1.65. The Balaban J connectivity index is 1.28. The van der Waals surface area contributed by atoms with Crippen molar-refractivity contribution < 1.29 is 19.4 Å².